The molecule has 0 unspecified atom stereocenters. The van der Waals surface area contributed by atoms with Crippen molar-refractivity contribution in [3.05, 3.63) is 40.9 Å². The van der Waals surface area contributed by atoms with E-state index in [1.807, 2.05) is 19.1 Å². The fraction of sp³-hybridized carbons (Fsp3) is 0.273. The zero-order valence-electron chi connectivity index (χ0n) is 8.03. The summed E-state index contributed by atoms with van der Waals surface area (Å²) in [7, 11) is 0. The van der Waals surface area contributed by atoms with Crippen molar-refractivity contribution in [2.75, 3.05) is 6.61 Å². The number of allylic oxidation sites excluding steroid dienone is 1. The summed E-state index contributed by atoms with van der Waals surface area (Å²) in [6, 6.07) is 5.32. The molecule has 0 atom stereocenters. The maximum absolute atomic E-state index is 9.07. The van der Waals surface area contributed by atoms with Crippen molar-refractivity contribution in [3.8, 4) is 5.75 Å². The third kappa shape index (κ3) is 2.76. The lowest BCUT2D eigenvalue weighted by atomic mass is 10.2. The fourth-order valence-corrected chi connectivity index (χ4v) is 1.29. The first kappa shape index (κ1) is 11.1. The van der Waals surface area contributed by atoms with Crippen molar-refractivity contribution in [2.45, 2.75) is 13.5 Å². The van der Waals surface area contributed by atoms with Crippen LogP contribution in [0.4, 0.5) is 0 Å². The third-order valence-corrected chi connectivity index (χ3v) is 2.16. The number of benzene rings is 1. The zero-order chi connectivity index (χ0) is 10.4. The molecule has 0 aliphatic heterocycles. The van der Waals surface area contributed by atoms with Crippen molar-refractivity contribution < 1.29 is 9.84 Å². The quantitative estimate of drug-likeness (QED) is 0.778. The zero-order valence-corrected chi connectivity index (χ0v) is 8.79. The number of hydrogen-bond acceptors (Lipinski definition) is 2. The van der Waals surface area contributed by atoms with E-state index < -0.39 is 0 Å². The fourth-order valence-electron chi connectivity index (χ4n) is 1.06. The molecule has 0 heterocycles. The van der Waals surface area contributed by atoms with Gasteiger partial charge < -0.3 is 9.84 Å². The average Bonchev–Trinajstić information content (AvgIpc) is 2.18. The van der Waals surface area contributed by atoms with Gasteiger partial charge in [0.05, 0.1) is 6.61 Å². The van der Waals surface area contributed by atoms with Crippen molar-refractivity contribution in [3.63, 3.8) is 0 Å². The Hall–Kier alpha value is -0.990. The lowest BCUT2D eigenvalue weighted by molar-refractivity contribution is 0.270. The predicted octanol–water partition coefficient (Wildman–Crippen LogP) is 2.79. The standard InChI is InChI=1S/C11H13ClO2/c1-2-3-7-14-11-6-4-5-10(12)9(11)8-13/h2-6,13H,7-8H2,1H3/b3-2+. The SMILES string of the molecule is C/C=C/COc1cccc(Cl)c1CO. The van der Waals surface area contributed by atoms with Crippen LogP contribution in [0, 0.1) is 0 Å². The molecule has 0 aliphatic rings. The highest BCUT2D eigenvalue weighted by atomic mass is 35.5. The van der Waals surface area contributed by atoms with Gasteiger partial charge in [-0.15, -0.1) is 0 Å². The molecule has 0 spiro atoms. The highest BCUT2D eigenvalue weighted by Gasteiger charge is 2.05. The van der Waals surface area contributed by atoms with Crippen LogP contribution in [0.25, 0.3) is 0 Å². The molecular weight excluding hydrogens is 200 g/mol. The first-order valence-electron chi connectivity index (χ1n) is 4.41. The summed E-state index contributed by atoms with van der Waals surface area (Å²) in [6.07, 6.45) is 3.80. The Bertz CT molecular complexity index is 321. The summed E-state index contributed by atoms with van der Waals surface area (Å²) in [5, 5.41) is 9.61. The molecule has 2 nitrogen and oxygen atoms in total. The molecule has 1 aromatic rings. The van der Waals surface area contributed by atoms with Crippen molar-refractivity contribution >= 4 is 11.6 Å². The summed E-state index contributed by atoms with van der Waals surface area (Å²) < 4.78 is 5.42. The van der Waals surface area contributed by atoms with Gasteiger partial charge in [-0.25, -0.2) is 0 Å². The van der Waals surface area contributed by atoms with E-state index in [4.69, 9.17) is 21.4 Å². The van der Waals surface area contributed by atoms with Crippen LogP contribution in [0.1, 0.15) is 12.5 Å². The molecule has 0 fully saturated rings. The summed E-state index contributed by atoms with van der Waals surface area (Å²) >= 11 is 5.88. The van der Waals surface area contributed by atoms with Crippen LogP contribution >= 0.6 is 11.6 Å². The van der Waals surface area contributed by atoms with E-state index in [-0.39, 0.29) is 6.61 Å². The molecule has 1 N–H and O–H groups in total. The smallest absolute Gasteiger partial charge is 0.126 e. The first-order chi connectivity index (χ1) is 6.79. The van der Waals surface area contributed by atoms with E-state index in [9.17, 15) is 0 Å². The lowest BCUT2D eigenvalue weighted by Crippen LogP contribution is -1.98. The molecule has 0 bridgehead atoms. The molecular formula is C11H13ClO2. The van der Waals surface area contributed by atoms with Crippen LogP contribution in [-0.2, 0) is 6.61 Å². The number of rotatable bonds is 4. The number of hydrogen-bond donors (Lipinski definition) is 1. The Kier molecular flexibility index (Phi) is 4.50. The van der Waals surface area contributed by atoms with Gasteiger partial charge in [-0.05, 0) is 19.1 Å². The van der Waals surface area contributed by atoms with Crippen LogP contribution in [-0.4, -0.2) is 11.7 Å². The number of aliphatic hydroxyl groups is 1. The Labute approximate surface area is 88.8 Å². The molecule has 3 heteroatoms. The first-order valence-corrected chi connectivity index (χ1v) is 4.79. The van der Waals surface area contributed by atoms with Gasteiger partial charge in [0.25, 0.3) is 0 Å². The van der Waals surface area contributed by atoms with Crippen LogP contribution in [0.15, 0.2) is 30.4 Å². The number of aliphatic hydroxyl groups excluding tert-OH is 1. The Morgan fingerprint density at radius 2 is 2.29 bits per heavy atom. The Morgan fingerprint density at radius 1 is 1.50 bits per heavy atom. The van der Waals surface area contributed by atoms with Gasteiger partial charge in [-0.1, -0.05) is 29.8 Å². The second-order valence-electron chi connectivity index (χ2n) is 2.75. The van der Waals surface area contributed by atoms with Crippen molar-refractivity contribution in [2.24, 2.45) is 0 Å². The van der Waals surface area contributed by atoms with E-state index in [0.29, 0.717) is 22.9 Å². The van der Waals surface area contributed by atoms with Gasteiger partial charge in [-0.2, -0.15) is 0 Å². The Morgan fingerprint density at radius 3 is 2.93 bits per heavy atom. The van der Waals surface area contributed by atoms with Gasteiger partial charge in [0.2, 0.25) is 0 Å². The van der Waals surface area contributed by atoms with Crippen LogP contribution in [0.2, 0.25) is 5.02 Å². The monoisotopic (exact) mass is 212 g/mol. The second kappa shape index (κ2) is 5.68. The minimum absolute atomic E-state index is 0.106. The molecule has 0 radical (unpaired) electrons. The molecule has 0 aliphatic carbocycles. The van der Waals surface area contributed by atoms with E-state index >= 15 is 0 Å². The van der Waals surface area contributed by atoms with Crippen LogP contribution in [0.5, 0.6) is 5.75 Å². The molecule has 1 aromatic carbocycles. The highest BCUT2D eigenvalue weighted by Crippen LogP contribution is 2.26. The molecule has 76 valence electrons. The van der Waals surface area contributed by atoms with Gasteiger partial charge in [0.15, 0.2) is 0 Å². The number of ether oxygens (including phenoxy) is 1. The van der Waals surface area contributed by atoms with Crippen LogP contribution < -0.4 is 4.74 Å². The minimum Gasteiger partial charge on any atom is -0.489 e. The average molecular weight is 213 g/mol. The normalized spacial score (nSPS) is 10.8. The van der Waals surface area contributed by atoms with Crippen LogP contribution in [0.3, 0.4) is 0 Å². The second-order valence-corrected chi connectivity index (χ2v) is 3.16. The summed E-state index contributed by atoms with van der Waals surface area (Å²) in [5.74, 6) is 0.637. The molecule has 0 saturated carbocycles. The van der Waals surface area contributed by atoms with Crippen molar-refractivity contribution in [1.82, 2.24) is 0 Å². The largest absolute Gasteiger partial charge is 0.489 e. The molecule has 0 amide bonds. The van der Waals surface area contributed by atoms with E-state index in [1.165, 1.54) is 0 Å². The minimum atomic E-state index is -0.106. The van der Waals surface area contributed by atoms with E-state index in [1.54, 1.807) is 18.2 Å². The predicted molar refractivity (Wildman–Crippen MR) is 57.7 cm³/mol. The third-order valence-electron chi connectivity index (χ3n) is 1.80. The topological polar surface area (TPSA) is 29.5 Å². The van der Waals surface area contributed by atoms with Gasteiger partial charge in [0.1, 0.15) is 12.4 Å². The lowest BCUT2D eigenvalue weighted by Gasteiger charge is -2.09. The Balaban J connectivity index is 2.79. The van der Waals surface area contributed by atoms with Gasteiger partial charge >= 0.3 is 0 Å². The highest BCUT2D eigenvalue weighted by molar-refractivity contribution is 6.31. The van der Waals surface area contributed by atoms with E-state index in [0.717, 1.165) is 0 Å². The van der Waals surface area contributed by atoms with Gasteiger partial charge in [0, 0.05) is 10.6 Å². The molecule has 14 heavy (non-hydrogen) atoms. The molecule has 0 aromatic heterocycles. The maximum atomic E-state index is 9.07. The summed E-state index contributed by atoms with van der Waals surface area (Å²) in [6.45, 7) is 2.31. The maximum Gasteiger partial charge on any atom is 0.126 e. The summed E-state index contributed by atoms with van der Waals surface area (Å²) in [5.41, 5.74) is 0.638. The molecule has 1 rings (SSSR count). The summed E-state index contributed by atoms with van der Waals surface area (Å²) in [4.78, 5) is 0. The van der Waals surface area contributed by atoms with E-state index in [2.05, 4.69) is 0 Å². The molecule has 0 saturated heterocycles. The number of halogens is 1. The van der Waals surface area contributed by atoms with Crippen molar-refractivity contribution in [1.29, 1.82) is 0 Å². The van der Waals surface area contributed by atoms with Gasteiger partial charge in [-0.3, -0.25) is 0 Å².